The van der Waals surface area contributed by atoms with Crippen molar-refractivity contribution in [2.75, 3.05) is 0 Å². The quantitative estimate of drug-likeness (QED) is 0.641. The Bertz CT molecular complexity index is 511. The summed E-state index contributed by atoms with van der Waals surface area (Å²) in [5.74, 6) is 1.57. The van der Waals surface area contributed by atoms with Crippen LogP contribution in [0.5, 0.6) is 0 Å². The summed E-state index contributed by atoms with van der Waals surface area (Å²) >= 11 is 0. The van der Waals surface area contributed by atoms with Gasteiger partial charge >= 0.3 is 0 Å². The second-order valence-corrected chi connectivity index (χ2v) is 6.09. The molecule has 0 aromatic heterocycles. The lowest BCUT2D eigenvalue weighted by Crippen LogP contribution is -2.12. The first kappa shape index (κ1) is 11.8. The third-order valence-electron chi connectivity index (χ3n) is 4.38. The van der Waals surface area contributed by atoms with Gasteiger partial charge in [0.15, 0.2) is 0 Å². The molecule has 1 aromatic rings. The summed E-state index contributed by atoms with van der Waals surface area (Å²) in [6, 6.07) is 6.97. The third-order valence-corrected chi connectivity index (χ3v) is 4.38. The number of benzene rings is 1. The molecule has 3 rings (SSSR count). The third kappa shape index (κ3) is 2.05. The summed E-state index contributed by atoms with van der Waals surface area (Å²) < 4.78 is 0. The van der Waals surface area contributed by atoms with Crippen LogP contribution in [0.1, 0.15) is 42.9 Å². The van der Waals surface area contributed by atoms with Crippen LogP contribution in [0.25, 0.3) is 5.57 Å². The van der Waals surface area contributed by atoms with Gasteiger partial charge < -0.3 is 0 Å². The van der Waals surface area contributed by atoms with Crippen molar-refractivity contribution >= 4 is 5.57 Å². The van der Waals surface area contributed by atoms with E-state index in [1.165, 1.54) is 41.5 Å². The van der Waals surface area contributed by atoms with Crippen molar-refractivity contribution in [2.24, 2.45) is 11.8 Å². The highest BCUT2D eigenvalue weighted by Gasteiger charge is 2.31. The smallest absolute Gasteiger partial charge is 0.00928 e. The van der Waals surface area contributed by atoms with Gasteiger partial charge in [0, 0.05) is 0 Å². The first-order valence-electron chi connectivity index (χ1n) is 7.12. The van der Waals surface area contributed by atoms with E-state index >= 15 is 0 Å². The molecule has 0 saturated heterocycles. The Kier molecular flexibility index (Phi) is 2.89. The van der Waals surface area contributed by atoms with Crippen LogP contribution in [0, 0.1) is 25.7 Å². The molecule has 94 valence electrons. The molecule has 0 spiro atoms. The van der Waals surface area contributed by atoms with Gasteiger partial charge in [-0.1, -0.05) is 53.5 Å². The van der Waals surface area contributed by atoms with E-state index in [4.69, 9.17) is 0 Å². The molecular formula is C18H22. The Morgan fingerprint density at radius 3 is 2.39 bits per heavy atom. The first-order valence-corrected chi connectivity index (χ1v) is 7.12. The Labute approximate surface area is 110 Å². The average Bonchev–Trinajstić information content (AvgIpc) is 2.74. The van der Waals surface area contributed by atoms with Crippen molar-refractivity contribution < 1.29 is 0 Å². The summed E-state index contributed by atoms with van der Waals surface area (Å²) in [7, 11) is 0. The molecule has 0 heteroatoms. The molecule has 1 saturated carbocycles. The topological polar surface area (TPSA) is 0 Å². The van der Waals surface area contributed by atoms with Crippen LogP contribution in [-0.2, 0) is 0 Å². The van der Waals surface area contributed by atoms with E-state index < -0.39 is 0 Å². The van der Waals surface area contributed by atoms with E-state index in [9.17, 15) is 0 Å². The maximum Gasteiger partial charge on any atom is -0.00928 e. The summed E-state index contributed by atoms with van der Waals surface area (Å²) in [6.07, 6.45) is 9.04. The van der Waals surface area contributed by atoms with E-state index in [-0.39, 0.29) is 0 Å². The Morgan fingerprint density at radius 1 is 0.944 bits per heavy atom. The summed E-state index contributed by atoms with van der Waals surface area (Å²) in [4.78, 5) is 0. The van der Waals surface area contributed by atoms with Crippen LogP contribution in [0.3, 0.4) is 0 Å². The minimum Gasteiger partial charge on any atom is -0.0779 e. The van der Waals surface area contributed by atoms with Crippen molar-refractivity contribution in [3.05, 3.63) is 52.6 Å². The second-order valence-electron chi connectivity index (χ2n) is 6.09. The van der Waals surface area contributed by atoms with Crippen molar-refractivity contribution in [3.8, 4) is 0 Å². The molecule has 2 unspecified atom stereocenters. The largest absolute Gasteiger partial charge is 0.0779 e. The minimum absolute atomic E-state index is 0.773. The predicted molar refractivity (Wildman–Crippen MR) is 78.5 cm³/mol. The van der Waals surface area contributed by atoms with E-state index in [2.05, 4.69) is 51.1 Å². The molecule has 0 bridgehead atoms. The fraction of sp³-hybridized carbons (Fsp3) is 0.444. The zero-order chi connectivity index (χ0) is 12.7. The van der Waals surface area contributed by atoms with Gasteiger partial charge in [-0.3, -0.25) is 0 Å². The standard InChI is InChI=1S/C18H22/c1-12-7-13(2)10-16(9-12)18-11-14(3)8-15-5-4-6-17(15)18/h7-11,15,17H,4-6H2,1-3H3. The van der Waals surface area contributed by atoms with Crippen LogP contribution in [0.4, 0.5) is 0 Å². The lowest BCUT2D eigenvalue weighted by Gasteiger charge is -2.26. The Hall–Kier alpha value is -1.30. The lowest BCUT2D eigenvalue weighted by molar-refractivity contribution is 0.564. The second kappa shape index (κ2) is 4.42. The van der Waals surface area contributed by atoms with Crippen LogP contribution in [0.15, 0.2) is 35.9 Å². The zero-order valence-corrected chi connectivity index (χ0v) is 11.7. The zero-order valence-electron chi connectivity index (χ0n) is 11.7. The van der Waals surface area contributed by atoms with E-state index in [0.29, 0.717) is 0 Å². The molecule has 0 nitrogen and oxygen atoms in total. The number of allylic oxidation sites excluding steroid dienone is 4. The van der Waals surface area contributed by atoms with Gasteiger partial charge in [-0.2, -0.15) is 0 Å². The highest BCUT2D eigenvalue weighted by molar-refractivity contribution is 5.73. The molecule has 2 aliphatic rings. The highest BCUT2D eigenvalue weighted by atomic mass is 14.4. The number of rotatable bonds is 1. The predicted octanol–water partition coefficient (Wildman–Crippen LogP) is 5.06. The minimum atomic E-state index is 0.773. The molecule has 2 aliphatic carbocycles. The monoisotopic (exact) mass is 238 g/mol. The van der Waals surface area contributed by atoms with Crippen molar-refractivity contribution in [1.82, 2.24) is 0 Å². The normalized spacial score (nSPS) is 26.6. The van der Waals surface area contributed by atoms with Crippen LogP contribution >= 0.6 is 0 Å². The fourth-order valence-electron chi connectivity index (χ4n) is 3.75. The van der Waals surface area contributed by atoms with Gasteiger partial charge in [-0.05, 0) is 56.6 Å². The molecule has 0 radical (unpaired) electrons. The summed E-state index contributed by atoms with van der Waals surface area (Å²) in [5.41, 5.74) is 7.26. The average molecular weight is 238 g/mol. The van der Waals surface area contributed by atoms with E-state index in [1.807, 2.05) is 0 Å². The number of hydrogen-bond donors (Lipinski definition) is 0. The van der Waals surface area contributed by atoms with Crippen molar-refractivity contribution in [2.45, 2.75) is 40.0 Å². The first-order chi connectivity index (χ1) is 8.63. The van der Waals surface area contributed by atoms with Crippen molar-refractivity contribution in [3.63, 3.8) is 0 Å². The number of fused-ring (bicyclic) bond motifs is 1. The molecule has 1 aromatic carbocycles. The van der Waals surface area contributed by atoms with Gasteiger partial charge in [-0.15, -0.1) is 0 Å². The molecule has 0 heterocycles. The Balaban J connectivity index is 2.06. The maximum absolute atomic E-state index is 2.49. The molecule has 18 heavy (non-hydrogen) atoms. The highest BCUT2D eigenvalue weighted by Crippen LogP contribution is 2.45. The van der Waals surface area contributed by atoms with Gasteiger partial charge in [0.2, 0.25) is 0 Å². The number of aryl methyl sites for hydroxylation is 2. The molecule has 0 amide bonds. The van der Waals surface area contributed by atoms with E-state index in [1.54, 1.807) is 5.57 Å². The van der Waals surface area contributed by atoms with Gasteiger partial charge in [0.1, 0.15) is 0 Å². The summed E-state index contributed by atoms with van der Waals surface area (Å²) in [5, 5.41) is 0. The van der Waals surface area contributed by atoms with Crippen molar-refractivity contribution in [1.29, 1.82) is 0 Å². The molecule has 1 fully saturated rings. The fourth-order valence-corrected chi connectivity index (χ4v) is 3.75. The van der Waals surface area contributed by atoms with Gasteiger partial charge in [-0.25, -0.2) is 0 Å². The van der Waals surface area contributed by atoms with Crippen LogP contribution < -0.4 is 0 Å². The molecule has 2 atom stereocenters. The van der Waals surface area contributed by atoms with E-state index in [0.717, 1.165) is 11.8 Å². The molecule has 0 N–H and O–H groups in total. The number of hydrogen-bond acceptors (Lipinski definition) is 0. The van der Waals surface area contributed by atoms with Crippen LogP contribution in [0.2, 0.25) is 0 Å². The molecular weight excluding hydrogens is 216 g/mol. The Morgan fingerprint density at radius 2 is 1.67 bits per heavy atom. The molecule has 0 aliphatic heterocycles. The SMILES string of the molecule is CC1=CC2CCCC2C(c2cc(C)cc(C)c2)=C1. The van der Waals surface area contributed by atoms with Gasteiger partial charge in [0.05, 0.1) is 0 Å². The summed E-state index contributed by atoms with van der Waals surface area (Å²) in [6.45, 7) is 6.65. The maximum atomic E-state index is 2.49. The van der Waals surface area contributed by atoms with Crippen LogP contribution in [-0.4, -0.2) is 0 Å². The van der Waals surface area contributed by atoms with Gasteiger partial charge in [0.25, 0.3) is 0 Å². The lowest BCUT2D eigenvalue weighted by atomic mass is 9.79.